The van der Waals surface area contributed by atoms with Crippen LogP contribution in [0.25, 0.3) is 0 Å². The Kier molecular flexibility index (Phi) is 3.61. The number of benzene rings is 1. The Morgan fingerprint density at radius 2 is 2.21 bits per heavy atom. The van der Waals surface area contributed by atoms with E-state index in [9.17, 15) is 9.50 Å². The smallest absolute Gasteiger partial charge is 0.130 e. The van der Waals surface area contributed by atoms with Crippen LogP contribution < -0.4 is 0 Å². The molecule has 2 unspecified atom stereocenters. The van der Waals surface area contributed by atoms with Gasteiger partial charge in [-0.3, -0.25) is 0 Å². The molecule has 0 radical (unpaired) electrons. The molecule has 1 aromatic carbocycles. The van der Waals surface area contributed by atoms with E-state index in [1.165, 1.54) is 16.5 Å². The zero-order valence-corrected chi connectivity index (χ0v) is 11.8. The quantitative estimate of drug-likeness (QED) is 0.852. The maximum absolute atomic E-state index is 13.9. The van der Waals surface area contributed by atoms with Gasteiger partial charge in [-0.15, -0.1) is 11.3 Å². The Morgan fingerprint density at radius 1 is 1.37 bits per heavy atom. The zero-order chi connectivity index (χ0) is 13.4. The van der Waals surface area contributed by atoms with Crippen LogP contribution in [0.15, 0.2) is 29.6 Å². The van der Waals surface area contributed by atoms with Gasteiger partial charge < -0.3 is 5.11 Å². The van der Waals surface area contributed by atoms with Gasteiger partial charge in [-0.25, -0.2) is 4.39 Å². The molecule has 4 heteroatoms. The maximum Gasteiger partial charge on any atom is 0.130 e. The highest BCUT2D eigenvalue weighted by Crippen LogP contribution is 2.42. The van der Waals surface area contributed by atoms with Crippen LogP contribution in [-0.4, -0.2) is 5.11 Å². The van der Waals surface area contributed by atoms with Crippen molar-refractivity contribution < 1.29 is 9.50 Å². The molecule has 0 saturated heterocycles. The summed E-state index contributed by atoms with van der Waals surface area (Å²) in [4.78, 5) is 1.32. The average molecular weight is 297 g/mol. The summed E-state index contributed by atoms with van der Waals surface area (Å²) in [7, 11) is 0. The highest BCUT2D eigenvalue weighted by molar-refractivity contribution is 7.10. The van der Waals surface area contributed by atoms with E-state index >= 15 is 0 Å². The van der Waals surface area contributed by atoms with Gasteiger partial charge in [-0.1, -0.05) is 17.7 Å². The normalized spacial score (nSPS) is 20.1. The maximum atomic E-state index is 13.9. The molecule has 2 atom stereocenters. The highest BCUT2D eigenvalue weighted by atomic mass is 35.5. The molecular weight excluding hydrogens is 283 g/mol. The van der Waals surface area contributed by atoms with Crippen molar-refractivity contribution in [2.75, 3.05) is 0 Å². The number of hydrogen-bond acceptors (Lipinski definition) is 2. The summed E-state index contributed by atoms with van der Waals surface area (Å²) in [6.07, 6.45) is 2.21. The third-order valence-corrected chi connectivity index (χ3v) is 4.99. The molecule has 100 valence electrons. The second kappa shape index (κ2) is 5.23. The van der Waals surface area contributed by atoms with Crippen molar-refractivity contribution in [3.63, 3.8) is 0 Å². The predicted octanol–water partition coefficient (Wildman–Crippen LogP) is 4.69. The van der Waals surface area contributed by atoms with E-state index < -0.39 is 11.9 Å². The largest absolute Gasteiger partial charge is 0.388 e. The van der Waals surface area contributed by atoms with Crippen molar-refractivity contribution >= 4 is 22.9 Å². The third-order valence-electron chi connectivity index (χ3n) is 3.76. The molecule has 0 bridgehead atoms. The molecule has 0 fully saturated rings. The first-order valence-electron chi connectivity index (χ1n) is 6.36. The first-order valence-corrected chi connectivity index (χ1v) is 7.62. The van der Waals surface area contributed by atoms with Gasteiger partial charge in [-0.05, 0) is 48.4 Å². The molecular formula is C15H14ClFOS. The Hall–Kier alpha value is -0.900. The SMILES string of the molecule is OC(c1ccc(Cl)cc1F)C1CCCc2sccc21. The van der Waals surface area contributed by atoms with E-state index in [1.54, 1.807) is 23.5 Å². The van der Waals surface area contributed by atoms with Crippen LogP contribution in [0.2, 0.25) is 5.02 Å². The van der Waals surface area contributed by atoms with E-state index in [-0.39, 0.29) is 5.92 Å². The molecule has 3 rings (SSSR count). The molecule has 1 N–H and O–H groups in total. The predicted molar refractivity (Wildman–Crippen MR) is 76.4 cm³/mol. The monoisotopic (exact) mass is 296 g/mol. The molecule has 0 spiro atoms. The fraction of sp³-hybridized carbons (Fsp3) is 0.333. The Balaban J connectivity index is 1.95. The second-order valence-electron chi connectivity index (χ2n) is 4.91. The number of halogens is 2. The Bertz CT molecular complexity index is 596. The first-order chi connectivity index (χ1) is 9.16. The summed E-state index contributed by atoms with van der Waals surface area (Å²) in [5, 5.41) is 12.9. The summed E-state index contributed by atoms with van der Waals surface area (Å²) in [6.45, 7) is 0. The molecule has 1 aliphatic carbocycles. The molecule has 1 heterocycles. The molecule has 0 aliphatic heterocycles. The third kappa shape index (κ3) is 2.42. The van der Waals surface area contributed by atoms with Crippen LogP contribution in [0.4, 0.5) is 4.39 Å². The van der Waals surface area contributed by atoms with Crippen LogP contribution in [-0.2, 0) is 6.42 Å². The average Bonchev–Trinajstić information content (AvgIpc) is 2.86. The summed E-state index contributed by atoms with van der Waals surface area (Å²) in [6, 6.07) is 6.53. The van der Waals surface area contributed by atoms with Gasteiger partial charge in [-0.2, -0.15) is 0 Å². The summed E-state index contributed by atoms with van der Waals surface area (Å²) in [5.74, 6) is -0.437. The van der Waals surface area contributed by atoms with Crippen molar-refractivity contribution in [1.82, 2.24) is 0 Å². The summed E-state index contributed by atoms with van der Waals surface area (Å²) in [5.41, 5.74) is 1.52. The lowest BCUT2D eigenvalue weighted by Gasteiger charge is -2.27. The van der Waals surface area contributed by atoms with Gasteiger partial charge in [0, 0.05) is 21.4 Å². The van der Waals surface area contributed by atoms with Gasteiger partial charge in [0.15, 0.2) is 0 Å². The van der Waals surface area contributed by atoms with Crippen LogP contribution in [0.3, 0.4) is 0 Å². The zero-order valence-electron chi connectivity index (χ0n) is 10.3. The van der Waals surface area contributed by atoms with Crippen LogP contribution in [0.5, 0.6) is 0 Å². The number of thiophene rings is 1. The van der Waals surface area contributed by atoms with E-state index in [0.717, 1.165) is 19.3 Å². The highest BCUT2D eigenvalue weighted by Gasteiger charge is 2.29. The molecule has 1 nitrogen and oxygen atoms in total. The minimum atomic E-state index is -0.800. The van der Waals surface area contributed by atoms with E-state index in [1.807, 2.05) is 5.38 Å². The van der Waals surface area contributed by atoms with E-state index in [0.29, 0.717) is 10.6 Å². The molecule has 0 amide bonds. The standard InChI is InChI=1S/C15H14ClFOS/c16-9-4-5-12(13(17)8-9)15(18)11-2-1-3-14-10(11)6-7-19-14/h4-8,11,15,18H,1-3H2. The minimum Gasteiger partial charge on any atom is -0.388 e. The number of aliphatic hydroxyl groups excluding tert-OH is 1. The van der Waals surface area contributed by atoms with Gasteiger partial charge in [0.2, 0.25) is 0 Å². The van der Waals surface area contributed by atoms with Gasteiger partial charge in [0.1, 0.15) is 5.82 Å². The van der Waals surface area contributed by atoms with Crippen LogP contribution >= 0.6 is 22.9 Å². The molecule has 1 aromatic heterocycles. The lowest BCUT2D eigenvalue weighted by atomic mass is 9.81. The lowest BCUT2D eigenvalue weighted by molar-refractivity contribution is 0.132. The Labute approximate surface area is 120 Å². The second-order valence-corrected chi connectivity index (χ2v) is 6.35. The fourth-order valence-electron chi connectivity index (χ4n) is 2.81. The molecule has 19 heavy (non-hydrogen) atoms. The summed E-state index contributed by atoms with van der Waals surface area (Å²) < 4.78 is 13.9. The van der Waals surface area contributed by atoms with Gasteiger partial charge in [0.25, 0.3) is 0 Å². The van der Waals surface area contributed by atoms with E-state index in [4.69, 9.17) is 11.6 Å². The number of aryl methyl sites for hydroxylation is 1. The molecule has 1 aliphatic rings. The van der Waals surface area contributed by atoms with Crippen LogP contribution in [0, 0.1) is 5.82 Å². The minimum absolute atomic E-state index is 0.00863. The van der Waals surface area contributed by atoms with Gasteiger partial charge in [0.05, 0.1) is 6.10 Å². The topological polar surface area (TPSA) is 20.2 Å². The molecule has 0 saturated carbocycles. The molecule has 2 aromatic rings. The number of fused-ring (bicyclic) bond motifs is 1. The number of rotatable bonds is 2. The first kappa shape index (κ1) is 13.1. The van der Waals surface area contributed by atoms with E-state index in [2.05, 4.69) is 6.07 Å². The Morgan fingerprint density at radius 3 is 3.00 bits per heavy atom. The lowest BCUT2D eigenvalue weighted by Crippen LogP contribution is -2.16. The van der Waals surface area contributed by atoms with Crippen molar-refractivity contribution in [1.29, 1.82) is 0 Å². The van der Waals surface area contributed by atoms with Crippen LogP contribution in [0.1, 0.15) is 40.9 Å². The fourth-order valence-corrected chi connectivity index (χ4v) is 3.96. The van der Waals surface area contributed by atoms with Crippen molar-refractivity contribution in [3.8, 4) is 0 Å². The van der Waals surface area contributed by atoms with Crippen molar-refractivity contribution in [2.45, 2.75) is 31.3 Å². The van der Waals surface area contributed by atoms with Crippen molar-refractivity contribution in [2.24, 2.45) is 0 Å². The summed E-state index contributed by atoms with van der Waals surface area (Å²) >= 11 is 7.47. The number of hydrogen-bond donors (Lipinski definition) is 1. The van der Waals surface area contributed by atoms with Gasteiger partial charge >= 0.3 is 0 Å². The van der Waals surface area contributed by atoms with Crippen molar-refractivity contribution in [3.05, 3.63) is 56.5 Å². The number of aliphatic hydroxyl groups is 1.